The summed E-state index contributed by atoms with van der Waals surface area (Å²) in [6, 6.07) is 0. The van der Waals surface area contributed by atoms with Gasteiger partial charge in [0.25, 0.3) is 0 Å². The van der Waals surface area contributed by atoms with Crippen molar-refractivity contribution < 1.29 is 15.0 Å². The van der Waals surface area contributed by atoms with Crippen molar-refractivity contribution >= 4 is 21.7 Å². The summed E-state index contributed by atoms with van der Waals surface area (Å²) in [6.45, 7) is 4.64. The molecule has 0 aliphatic heterocycles. The van der Waals surface area contributed by atoms with E-state index >= 15 is 0 Å². The molecule has 0 aromatic carbocycles. The second kappa shape index (κ2) is 6.56. The number of fused-ring (bicyclic) bond motifs is 5. The summed E-state index contributed by atoms with van der Waals surface area (Å²) in [6.07, 6.45) is 9.53. The van der Waals surface area contributed by atoms with Crippen molar-refractivity contribution in [1.82, 2.24) is 0 Å². The highest BCUT2D eigenvalue weighted by Crippen LogP contribution is 2.68. The lowest BCUT2D eigenvalue weighted by atomic mass is 9.43. The van der Waals surface area contributed by atoms with Crippen LogP contribution in [0.15, 0.2) is 0 Å². The molecule has 0 amide bonds. The lowest BCUT2D eigenvalue weighted by molar-refractivity contribution is -0.171. The Bertz CT molecular complexity index is 576. The fourth-order valence-electron chi connectivity index (χ4n) is 8.16. The zero-order chi connectivity index (χ0) is 18.7. The summed E-state index contributed by atoms with van der Waals surface area (Å²) in [5.41, 5.74) is -0.375. The Morgan fingerprint density at radius 2 is 1.81 bits per heavy atom. The number of aliphatic hydroxyl groups excluding tert-OH is 1. The van der Waals surface area contributed by atoms with Crippen LogP contribution in [-0.2, 0) is 4.79 Å². The van der Waals surface area contributed by atoms with E-state index in [1.54, 1.807) is 0 Å². The minimum atomic E-state index is -0.555. The molecule has 3 nitrogen and oxygen atoms in total. The Hall–Kier alpha value is 0.0700. The second-order valence-electron chi connectivity index (χ2n) is 10.5. The van der Waals surface area contributed by atoms with Crippen LogP contribution in [0.3, 0.4) is 0 Å². The predicted molar refractivity (Wildman–Crippen MR) is 106 cm³/mol. The number of aliphatic hydroxyl groups is 2. The van der Waals surface area contributed by atoms with Gasteiger partial charge in [-0.25, -0.2) is 0 Å². The van der Waals surface area contributed by atoms with Gasteiger partial charge < -0.3 is 10.2 Å². The van der Waals surface area contributed by atoms with E-state index in [9.17, 15) is 15.0 Å². The Balaban J connectivity index is 1.62. The first kappa shape index (κ1) is 19.4. The molecule has 4 aliphatic rings. The largest absolute Gasteiger partial charge is 0.396 e. The molecule has 4 aliphatic carbocycles. The molecular formula is C22H35BrO3. The molecule has 148 valence electrons. The number of halogens is 1. The monoisotopic (exact) mass is 426 g/mol. The number of hydrogen-bond donors (Lipinski definition) is 2. The molecule has 8 atom stereocenters. The molecule has 26 heavy (non-hydrogen) atoms. The van der Waals surface area contributed by atoms with Gasteiger partial charge in [0.1, 0.15) is 5.78 Å². The van der Waals surface area contributed by atoms with Crippen LogP contribution in [0.1, 0.15) is 71.6 Å². The number of carbonyl (C=O) groups is 1. The van der Waals surface area contributed by atoms with Crippen molar-refractivity contribution in [1.29, 1.82) is 0 Å². The van der Waals surface area contributed by atoms with E-state index in [2.05, 4.69) is 22.9 Å². The van der Waals surface area contributed by atoms with Crippen LogP contribution in [-0.4, -0.2) is 33.5 Å². The van der Waals surface area contributed by atoms with Gasteiger partial charge in [-0.05, 0) is 99.2 Å². The van der Waals surface area contributed by atoms with E-state index in [1.165, 1.54) is 12.8 Å². The van der Waals surface area contributed by atoms with E-state index in [4.69, 9.17) is 0 Å². The lowest BCUT2D eigenvalue weighted by Gasteiger charge is -2.62. The van der Waals surface area contributed by atoms with Crippen LogP contribution in [0.25, 0.3) is 0 Å². The van der Waals surface area contributed by atoms with Crippen molar-refractivity contribution in [3.63, 3.8) is 0 Å². The molecule has 0 radical (unpaired) electrons. The Kier molecular flexibility index (Phi) is 4.89. The van der Waals surface area contributed by atoms with E-state index < -0.39 is 5.60 Å². The number of alkyl halides is 1. The highest BCUT2D eigenvalue weighted by molar-refractivity contribution is 9.09. The SMILES string of the molecule is CC1(O)CCC2(CO)C(CCC3C4CCC(C(=O)CBr)C4(C)CCC32)C1. The maximum atomic E-state index is 12.5. The molecule has 0 heterocycles. The van der Waals surface area contributed by atoms with Gasteiger partial charge in [0.15, 0.2) is 0 Å². The first-order chi connectivity index (χ1) is 12.3. The van der Waals surface area contributed by atoms with Gasteiger partial charge in [0.2, 0.25) is 0 Å². The molecule has 2 N–H and O–H groups in total. The molecule has 0 bridgehead atoms. The van der Waals surface area contributed by atoms with Gasteiger partial charge in [-0.2, -0.15) is 0 Å². The summed E-state index contributed by atoms with van der Waals surface area (Å²) >= 11 is 3.40. The number of carbonyl (C=O) groups excluding carboxylic acids is 1. The molecule has 4 heteroatoms. The fourth-order valence-corrected chi connectivity index (χ4v) is 8.56. The van der Waals surface area contributed by atoms with Crippen molar-refractivity contribution in [2.45, 2.75) is 77.2 Å². The first-order valence-corrected chi connectivity index (χ1v) is 11.8. The maximum absolute atomic E-state index is 12.5. The molecule has 4 saturated carbocycles. The average Bonchev–Trinajstić information content (AvgIpc) is 2.97. The highest BCUT2D eigenvalue weighted by Gasteiger charge is 2.62. The van der Waals surface area contributed by atoms with Gasteiger partial charge in [0, 0.05) is 12.5 Å². The van der Waals surface area contributed by atoms with Gasteiger partial charge in [-0.15, -0.1) is 0 Å². The van der Waals surface area contributed by atoms with Gasteiger partial charge in [-0.1, -0.05) is 22.9 Å². The molecule has 0 aromatic rings. The zero-order valence-corrected chi connectivity index (χ0v) is 17.9. The third kappa shape index (κ3) is 2.69. The number of Topliss-reactive ketones (excluding diaryl/α,β-unsaturated/α-hetero) is 1. The zero-order valence-electron chi connectivity index (χ0n) is 16.3. The van der Waals surface area contributed by atoms with Crippen LogP contribution < -0.4 is 0 Å². The number of ketones is 1. The maximum Gasteiger partial charge on any atom is 0.147 e. The fraction of sp³-hybridized carbons (Fsp3) is 0.955. The van der Waals surface area contributed by atoms with Crippen LogP contribution in [0.2, 0.25) is 0 Å². The summed E-state index contributed by atoms with van der Waals surface area (Å²) in [4.78, 5) is 12.5. The summed E-state index contributed by atoms with van der Waals surface area (Å²) in [5.74, 6) is 2.96. The standard InChI is InChI=1S/C22H35BrO3/c1-20(26)9-10-22(13-24)14(11-20)3-4-15-16-5-6-18(19(25)12-23)21(16,2)8-7-17(15)22/h14-18,24,26H,3-13H2,1-2H3. The second-order valence-corrected chi connectivity index (χ2v) is 11.1. The average molecular weight is 427 g/mol. The summed E-state index contributed by atoms with van der Waals surface area (Å²) in [7, 11) is 0. The van der Waals surface area contributed by atoms with Gasteiger partial charge >= 0.3 is 0 Å². The minimum absolute atomic E-state index is 0.0179. The Morgan fingerprint density at radius 3 is 2.50 bits per heavy atom. The van der Waals surface area contributed by atoms with E-state index in [1.807, 2.05) is 6.92 Å². The molecule has 4 fully saturated rings. The quantitative estimate of drug-likeness (QED) is 0.659. The first-order valence-electron chi connectivity index (χ1n) is 10.7. The third-order valence-electron chi connectivity index (χ3n) is 9.47. The van der Waals surface area contributed by atoms with Gasteiger partial charge in [-0.3, -0.25) is 4.79 Å². The van der Waals surface area contributed by atoms with E-state index in [0.717, 1.165) is 44.9 Å². The molecule has 0 spiro atoms. The molecular weight excluding hydrogens is 392 g/mol. The molecule has 4 rings (SSSR count). The van der Waals surface area contributed by atoms with E-state index in [0.29, 0.717) is 34.8 Å². The molecule has 0 aromatic heterocycles. The van der Waals surface area contributed by atoms with Crippen LogP contribution in [0.5, 0.6) is 0 Å². The van der Waals surface area contributed by atoms with Crippen LogP contribution in [0, 0.1) is 40.4 Å². The van der Waals surface area contributed by atoms with Crippen LogP contribution >= 0.6 is 15.9 Å². The van der Waals surface area contributed by atoms with Crippen molar-refractivity contribution in [3.8, 4) is 0 Å². The van der Waals surface area contributed by atoms with Crippen molar-refractivity contribution in [3.05, 3.63) is 0 Å². The van der Waals surface area contributed by atoms with Gasteiger partial charge in [0.05, 0.1) is 10.9 Å². The summed E-state index contributed by atoms with van der Waals surface area (Å²) in [5, 5.41) is 21.6. The Morgan fingerprint density at radius 1 is 1.04 bits per heavy atom. The summed E-state index contributed by atoms with van der Waals surface area (Å²) < 4.78 is 0. The van der Waals surface area contributed by atoms with Crippen LogP contribution in [0.4, 0.5) is 0 Å². The highest BCUT2D eigenvalue weighted by atomic mass is 79.9. The smallest absolute Gasteiger partial charge is 0.147 e. The predicted octanol–water partition coefficient (Wildman–Crippen LogP) is 4.33. The topological polar surface area (TPSA) is 57.5 Å². The molecule has 0 saturated heterocycles. The normalized spacial score (nSPS) is 53.5. The van der Waals surface area contributed by atoms with Crippen molar-refractivity contribution in [2.75, 3.05) is 11.9 Å². The third-order valence-corrected chi connectivity index (χ3v) is 10.0. The number of hydrogen-bond acceptors (Lipinski definition) is 3. The Labute approximate surface area is 166 Å². The minimum Gasteiger partial charge on any atom is -0.396 e. The molecule has 8 unspecified atom stereocenters. The number of rotatable bonds is 3. The van der Waals surface area contributed by atoms with Crippen molar-refractivity contribution in [2.24, 2.45) is 40.4 Å². The van der Waals surface area contributed by atoms with E-state index in [-0.39, 0.29) is 23.4 Å². The lowest BCUT2D eigenvalue weighted by Crippen LogP contribution is -2.58.